The Labute approximate surface area is 206 Å². The third kappa shape index (κ3) is 3.24. The second kappa shape index (κ2) is 7.53. The molecule has 4 aliphatic rings. The molecule has 4 aromatic heterocycles. The second-order valence-electron chi connectivity index (χ2n) is 11.7. The standard InChI is InChI=1S/C28H35N7/c1-16(2)23-24-18(4)27(34-7-5-21(6-8-34)33-28-10-19(11-28)12-28)29-13-22(24)32-25(23)20-9-17(3)26-30-15-31-35(26)14-20/h9,13-16,19,21,32-33H,5-8,10-12H2,1-4H3. The molecule has 2 bridgehead atoms. The molecule has 2 N–H and O–H groups in total. The van der Waals surface area contributed by atoms with Crippen molar-refractivity contribution in [1.82, 2.24) is 29.9 Å². The van der Waals surface area contributed by atoms with Crippen LogP contribution in [0.15, 0.2) is 24.8 Å². The van der Waals surface area contributed by atoms with Gasteiger partial charge >= 0.3 is 0 Å². The number of rotatable bonds is 5. The summed E-state index contributed by atoms with van der Waals surface area (Å²) < 4.78 is 1.88. The van der Waals surface area contributed by atoms with Crippen LogP contribution < -0.4 is 10.2 Å². The number of aromatic amines is 1. The van der Waals surface area contributed by atoms with Crippen LogP contribution in [0.4, 0.5) is 5.82 Å². The van der Waals surface area contributed by atoms with Crippen molar-refractivity contribution in [3.05, 3.63) is 41.5 Å². The van der Waals surface area contributed by atoms with E-state index in [1.54, 1.807) is 6.33 Å². The number of aryl methyl sites for hydroxylation is 2. The lowest BCUT2D eigenvalue weighted by molar-refractivity contribution is -0.0605. The minimum atomic E-state index is 0.377. The highest BCUT2D eigenvalue weighted by Gasteiger charge is 2.56. The number of piperidine rings is 1. The predicted molar refractivity (Wildman–Crippen MR) is 140 cm³/mol. The van der Waals surface area contributed by atoms with E-state index in [-0.39, 0.29) is 0 Å². The zero-order chi connectivity index (χ0) is 23.9. The number of nitrogens with zero attached hydrogens (tertiary/aromatic N) is 5. The van der Waals surface area contributed by atoms with Crippen molar-refractivity contribution in [3.8, 4) is 11.3 Å². The molecule has 4 aromatic rings. The molecule has 182 valence electrons. The Morgan fingerprint density at radius 3 is 2.57 bits per heavy atom. The van der Waals surface area contributed by atoms with E-state index in [4.69, 9.17) is 4.98 Å². The molecule has 0 radical (unpaired) electrons. The van der Waals surface area contributed by atoms with E-state index < -0.39 is 0 Å². The fraction of sp³-hybridized carbons (Fsp3) is 0.536. The lowest BCUT2D eigenvalue weighted by Gasteiger charge is -2.63. The lowest BCUT2D eigenvalue weighted by Crippen LogP contribution is -2.69. The van der Waals surface area contributed by atoms with Gasteiger partial charge in [0.1, 0.15) is 12.1 Å². The van der Waals surface area contributed by atoms with Crippen LogP contribution in [0.1, 0.15) is 68.6 Å². The summed E-state index contributed by atoms with van der Waals surface area (Å²) in [6.07, 6.45) is 12.4. The van der Waals surface area contributed by atoms with Crippen molar-refractivity contribution in [3.63, 3.8) is 0 Å². The zero-order valence-corrected chi connectivity index (χ0v) is 21.2. The first-order valence-corrected chi connectivity index (χ1v) is 13.2. The van der Waals surface area contributed by atoms with Crippen molar-refractivity contribution < 1.29 is 0 Å². The number of aromatic nitrogens is 5. The third-order valence-electron chi connectivity index (χ3n) is 8.86. The molecule has 4 fully saturated rings. The summed E-state index contributed by atoms with van der Waals surface area (Å²) in [5, 5.41) is 9.73. The van der Waals surface area contributed by atoms with Gasteiger partial charge in [-0.25, -0.2) is 14.5 Å². The Bertz CT molecular complexity index is 1420. The number of anilines is 1. The number of pyridine rings is 2. The van der Waals surface area contributed by atoms with Crippen LogP contribution >= 0.6 is 0 Å². The smallest absolute Gasteiger partial charge is 0.158 e. The van der Waals surface area contributed by atoms with Gasteiger partial charge in [0.15, 0.2) is 5.65 Å². The molecule has 5 heterocycles. The molecule has 3 aliphatic carbocycles. The van der Waals surface area contributed by atoms with E-state index in [2.05, 4.69) is 65.2 Å². The minimum absolute atomic E-state index is 0.377. The summed E-state index contributed by atoms with van der Waals surface area (Å²) in [5.41, 5.74) is 8.62. The molecule has 7 heteroatoms. The van der Waals surface area contributed by atoms with Crippen molar-refractivity contribution in [1.29, 1.82) is 0 Å². The summed E-state index contributed by atoms with van der Waals surface area (Å²) in [6.45, 7) is 11.1. The molecule has 0 spiro atoms. The van der Waals surface area contributed by atoms with E-state index in [9.17, 15) is 0 Å². The quantitative estimate of drug-likeness (QED) is 0.424. The highest BCUT2D eigenvalue weighted by Crippen LogP contribution is 2.57. The number of nitrogens with one attached hydrogen (secondary N) is 2. The van der Waals surface area contributed by atoms with E-state index in [1.807, 2.05) is 10.7 Å². The Hall–Kier alpha value is -2.93. The van der Waals surface area contributed by atoms with Gasteiger partial charge in [-0.2, -0.15) is 5.10 Å². The molecular weight excluding hydrogens is 434 g/mol. The monoisotopic (exact) mass is 469 g/mol. The maximum absolute atomic E-state index is 4.98. The predicted octanol–water partition coefficient (Wildman–Crippen LogP) is 5.12. The highest BCUT2D eigenvalue weighted by molar-refractivity contribution is 5.95. The molecule has 35 heavy (non-hydrogen) atoms. The molecular formula is C28H35N7. The van der Waals surface area contributed by atoms with Crippen LogP contribution in [0.2, 0.25) is 0 Å². The van der Waals surface area contributed by atoms with Gasteiger partial charge in [0, 0.05) is 47.4 Å². The van der Waals surface area contributed by atoms with Crippen LogP contribution in [-0.4, -0.2) is 49.2 Å². The lowest BCUT2D eigenvalue weighted by atomic mass is 9.49. The van der Waals surface area contributed by atoms with Crippen LogP contribution in [-0.2, 0) is 0 Å². The molecule has 8 rings (SSSR count). The molecule has 1 saturated heterocycles. The summed E-state index contributed by atoms with van der Waals surface area (Å²) >= 11 is 0. The van der Waals surface area contributed by atoms with Crippen LogP contribution in [0.25, 0.3) is 27.8 Å². The van der Waals surface area contributed by atoms with Gasteiger partial charge in [0.2, 0.25) is 0 Å². The molecule has 0 amide bonds. The summed E-state index contributed by atoms with van der Waals surface area (Å²) in [4.78, 5) is 15.6. The van der Waals surface area contributed by atoms with E-state index in [0.717, 1.165) is 47.1 Å². The maximum Gasteiger partial charge on any atom is 0.158 e. The minimum Gasteiger partial charge on any atom is -0.356 e. The van der Waals surface area contributed by atoms with Crippen LogP contribution in [0.5, 0.6) is 0 Å². The van der Waals surface area contributed by atoms with Gasteiger partial charge in [0.05, 0.1) is 17.4 Å². The summed E-state index contributed by atoms with van der Waals surface area (Å²) in [5.74, 6) is 2.56. The van der Waals surface area contributed by atoms with Gasteiger partial charge < -0.3 is 15.2 Å². The Balaban J connectivity index is 1.23. The topological polar surface area (TPSA) is 74.1 Å². The zero-order valence-electron chi connectivity index (χ0n) is 21.2. The van der Waals surface area contributed by atoms with Crippen molar-refractivity contribution in [2.45, 2.75) is 77.3 Å². The number of hydrogen-bond acceptors (Lipinski definition) is 5. The van der Waals surface area contributed by atoms with Crippen LogP contribution in [0, 0.1) is 19.8 Å². The van der Waals surface area contributed by atoms with E-state index in [0.29, 0.717) is 17.5 Å². The van der Waals surface area contributed by atoms with Gasteiger partial charge in [0.25, 0.3) is 0 Å². The maximum atomic E-state index is 4.98. The Kier molecular flexibility index (Phi) is 4.60. The average molecular weight is 470 g/mol. The normalized spacial score (nSPS) is 24.4. The van der Waals surface area contributed by atoms with Crippen molar-refractivity contribution in [2.75, 3.05) is 18.0 Å². The summed E-state index contributed by atoms with van der Waals surface area (Å²) in [7, 11) is 0. The molecule has 7 nitrogen and oxygen atoms in total. The number of H-pyrrole nitrogens is 1. The third-order valence-corrected chi connectivity index (χ3v) is 8.86. The molecule has 0 aromatic carbocycles. The first kappa shape index (κ1) is 21.4. The highest BCUT2D eigenvalue weighted by atomic mass is 15.3. The summed E-state index contributed by atoms with van der Waals surface area (Å²) in [6, 6.07) is 2.88. The largest absolute Gasteiger partial charge is 0.356 e. The molecule has 3 saturated carbocycles. The molecule has 0 unspecified atom stereocenters. The number of hydrogen-bond donors (Lipinski definition) is 2. The van der Waals surface area contributed by atoms with Gasteiger partial charge in [-0.15, -0.1) is 0 Å². The molecule has 0 atom stereocenters. The fourth-order valence-electron chi connectivity index (χ4n) is 7.05. The van der Waals surface area contributed by atoms with Crippen molar-refractivity contribution >= 4 is 22.4 Å². The Morgan fingerprint density at radius 2 is 1.89 bits per heavy atom. The van der Waals surface area contributed by atoms with E-state index >= 15 is 0 Å². The van der Waals surface area contributed by atoms with E-state index in [1.165, 1.54) is 54.3 Å². The second-order valence-corrected chi connectivity index (χ2v) is 11.7. The molecule has 1 aliphatic heterocycles. The Morgan fingerprint density at radius 1 is 1.11 bits per heavy atom. The van der Waals surface area contributed by atoms with Crippen molar-refractivity contribution in [2.24, 2.45) is 5.92 Å². The average Bonchev–Trinajstić information content (AvgIpc) is 3.42. The van der Waals surface area contributed by atoms with Crippen LogP contribution in [0.3, 0.4) is 0 Å². The van der Waals surface area contributed by atoms with Gasteiger partial charge in [-0.05, 0) is 75.0 Å². The van der Waals surface area contributed by atoms with Gasteiger partial charge in [-0.3, -0.25) is 0 Å². The first-order chi connectivity index (χ1) is 16.9. The fourth-order valence-corrected chi connectivity index (χ4v) is 7.05. The SMILES string of the molecule is Cc1c(N2CCC(NC34CC(C3)C4)CC2)ncc2[nH]c(-c3cc(C)c4ncnn4c3)c(C(C)C)c12. The number of fused-ring (bicyclic) bond motifs is 2. The first-order valence-electron chi connectivity index (χ1n) is 13.2. The van der Waals surface area contributed by atoms with Gasteiger partial charge in [-0.1, -0.05) is 13.8 Å².